The number of anilines is 1. The largest absolute Gasteiger partial charge is 0.395 e. The summed E-state index contributed by atoms with van der Waals surface area (Å²) in [6, 6.07) is 3.04. The SMILES string of the molecule is Nc1cc(S(=O)(=O)N(CCO)CCO)ccc1[N+](=O)[O-]. The molecule has 0 saturated carbocycles. The van der Waals surface area contributed by atoms with Crippen LogP contribution in [0.15, 0.2) is 23.1 Å². The zero-order chi connectivity index (χ0) is 15.3. The molecule has 0 aromatic heterocycles. The van der Waals surface area contributed by atoms with E-state index >= 15 is 0 Å². The van der Waals surface area contributed by atoms with Gasteiger partial charge < -0.3 is 15.9 Å². The Balaban J connectivity index is 3.20. The van der Waals surface area contributed by atoms with E-state index in [9.17, 15) is 18.5 Å². The molecule has 0 radical (unpaired) electrons. The molecule has 0 fully saturated rings. The fraction of sp³-hybridized carbons (Fsp3) is 0.400. The lowest BCUT2D eigenvalue weighted by molar-refractivity contribution is -0.383. The fourth-order valence-electron chi connectivity index (χ4n) is 1.58. The van der Waals surface area contributed by atoms with Crippen molar-refractivity contribution in [3.8, 4) is 0 Å². The number of nitrogens with two attached hydrogens (primary N) is 1. The molecule has 0 aliphatic carbocycles. The number of nitro groups is 1. The van der Waals surface area contributed by atoms with E-state index in [4.69, 9.17) is 15.9 Å². The minimum Gasteiger partial charge on any atom is -0.395 e. The summed E-state index contributed by atoms with van der Waals surface area (Å²) in [5, 5.41) is 28.3. The topological polar surface area (TPSA) is 147 Å². The lowest BCUT2D eigenvalue weighted by Gasteiger charge is -2.20. The van der Waals surface area contributed by atoms with Crippen molar-refractivity contribution >= 4 is 21.4 Å². The highest BCUT2D eigenvalue weighted by atomic mass is 32.2. The molecule has 10 heteroatoms. The van der Waals surface area contributed by atoms with Gasteiger partial charge in [0.15, 0.2) is 0 Å². The number of aliphatic hydroxyl groups is 2. The van der Waals surface area contributed by atoms with E-state index in [2.05, 4.69) is 0 Å². The van der Waals surface area contributed by atoms with Gasteiger partial charge in [-0.2, -0.15) is 4.31 Å². The second-order valence-corrected chi connectivity index (χ2v) is 5.77. The fourth-order valence-corrected chi connectivity index (χ4v) is 3.04. The summed E-state index contributed by atoms with van der Waals surface area (Å²) >= 11 is 0. The van der Waals surface area contributed by atoms with Gasteiger partial charge in [0.2, 0.25) is 10.0 Å². The van der Waals surface area contributed by atoms with Crippen LogP contribution in [-0.4, -0.2) is 54.2 Å². The molecule has 20 heavy (non-hydrogen) atoms. The Kier molecular flexibility index (Phi) is 5.39. The van der Waals surface area contributed by atoms with Gasteiger partial charge in [-0.25, -0.2) is 8.42 Å². The number of aliphatic hydroxyl groups excluding tert-OH is 2. The molecule has 1 aromatic carbocycles. The molecule has 112 valence electrons. The number of rotatable bonds is 7. The first kappa shape index (κ1) is 16.3. The van der Waals surface area contributed by atoms with Crippen LogP contribution in [-0.2, 0) is 10.0 Å². The molecule has 0 bridgehead atoms. The molecule has 0 aliphatic heterocycles. The van der Waals surface area contributed by atoms with Crippen molar-refractivity contribution in [3.05, 3.63) is 28.3 Å². The highest BCUT2D eigenvalue weighted by molar-refractivity contribution is 7.89. The Morgan fingerprint density at radius 2 is 1.80 bits per heavy atom. The van der Waals surface area contributed by atoms with E-state index in [0.717, 1.165) is 22.5 Å². The maximum Gasteiger partial charge on any atom is 0.292 e. The molecule has 0 atom stereocenters. The van der Waals surface area contributed by atoms with Crippen molar-refractivity contribution in [1.29, 1.82) is 0 Å². The van der Waals surface area contributed by atoms with Gasteiger partial charge in [-0.1, -0.05) is 0 Å². The van der Waals surface area contributed by atoms with E-state index in [1.807, 2.05) is 0 Å². The zero-order valence-corrected chi connectivity index (χ0v) is 11.3. The zero-order valence-electron chi connectivity index (χ0n) is 10.5. The van der Waals surface area contributed by atoms with Crippen LogP contribution < -0.4 is 5.73 Å². The summed E-state index contributed by atoms with van der Waals surface area (Å²) in [6.07, 6.45) is 0. The van der Waals surface area contributed by atoms with Crippen LogP contribution in [0, 0.1) is 10.1 Å². The maximum absolute atomic E-state index is 12.2. The van der Waals surface area contributed by atoms with Gasteiger partial charge in [0, 0.05) is 19.2 Å². The minimum absolute atomic E-state index is 0.195. The van der Waals surface area contributed by atoms with Crippen molar-refractivity contribution < 1.29 is 23.6 Å². The smallest absolute Gasteiger partial charge is 0.292 e. The molecule has 4 N–H and O–H groups in total. The quantitative estimate of drug-likeness (QED) is 0.338. The molecule has 1 rings (SSSR count). The van der Waals surface area contributed by atoms with Crippen molar-refractivity contribution in [2.45, 2.75) is 4.90 Å². The van der Waals surface area contributed by atoms with Crippen molar-refractivity contribution in [3.63, 3.8) is 0 Å². The summed E-state index contributed by atoms with van der Waals surface area (Å²) < 4.78 is 25.3. The Labute approximate surface area is 115 Å². The van der Waals surface area contributed by atoms with Gasteiger partial charge in [0.05, 0.1) is 23.0 Å². The molecule has 0 amide bonds. The first-order valence-electron chi connectivity index (χ1n) is 5.60. The maximum atomic E-state index is 12.2. The lowest BCUT2D eigenvalue weighted by atomic mass is 10.3. The monoisotopic (exact) mass is 305 g/mol. The molecule has 0 aliphatic rings. The third-order valence-corrected chi connectivity index (χ3v) is 4.43. The number of benzene rings is 1. The van der Waals surface area contributed by atoms with Crippen LogP contribution >= 0.6 is 0 Å². The van der Waals surface area contributed by atoms with E-state index < -0.39 is 28.2 Å². The third-order valence-electron chi connectivity index (χ3n) is 2.53. The summed E-state index contributed by atoms with van der Waals surface area (Å²) in [6.45, 7) is -1.22. The van der Waals surface area contributed by atoms with E-state index in [1.165, 1.54) is 0 Å². The predicted molar refractivity (Wildman–Crippen MR) is 70.4 cm³/mol. The van der Waals surface area contributed by atoms with Crippen LogP contribution in [0.5, 0.6) is 0 Å². The van der Waals surface area contributed by atoms with Crippen LogP contribution in [0.1, 0.15) is 0 Å². The summed E-state index contributed by atoms with van der Waals surface area (Å²) in [5.41, 5.74) is 4.78. The molecule has 0 unspecified atom stereocenters. The number of hydrogen-bond acceptors (Lipinski definition) is 7. The Bertz CT molecular complexity index is 583. The molecule has 0 saturated heterocycles. The van der Waals surface area contributed by atoms with Crippen LogP contribution in [0.25, 0.3) is 0 Å². The van der Waals surface area contributed by atoms with Crippen LogP contribution in [0.4, 0.5) is 11.4 Å². The second-order valence-electron chi connectivity index (χ2n) is 3.83. The number of nitro benzene ring substituents is 1. The summed E-state index contributed by atoms with van der Waals surface area (Å²) in [5.74, 6) is 0. The van der Waals surface area contributed by atoms with E-state index in [-0.39, 0.29) is 29.4 Å². The lowest BCUT2D eigenvalue weighted by Crippen LogP contribution is -2.35. The normalized spacial score (nSPS) is 11.8. The Hall–Kier alpha value is -1.75. The van der Waals surface area contributed by atoms with Gasteiger partial charge in [-0.05, 0) is 12.1 Å². The summed E-state index contributed by atoms with van der Waals surface area (Å²) in [4.78, 5) is 9.67. The number of hydrogen-bond donors (Lipinski definition) is 3. The molecular weight excluding hydrogens is 290 g/mol. The Morgan fingerprint density at radius 3 is 2.20 bits per heavy atom. The molecule has 1 aromatic rings. The van der Waals surface area contributed by atoms with Gasteiger partial charge in [0.1, 0.15) is 5.69 Å². The molecular formula is C10H15N3O6S. The van der Waals surface area contributed by atoms with Crippen LogP contribution in [0.3, 0.4) is 0 Å². The highest BCUT2D eigenvalue weighted by Crippen LogP contribution is 2.26. The molecule has 9 nitrogen and oxygen atoms in total. The summed E-state index contributed by atoms with van der Waals surface area (Å²) in [7, 11) is -3.98. The van der Waals surface area contributed by atoms with Crippen molar-refractivity contribution in [2.24, 2.45) is 0 Å². The number of nitrogen functional groups attached to an aromatic ring is 1. The third kappa shape index (κ3) is 3.42. The Morgan fingerprint density at radius 1 is 1.25 bits per heavy atom. The second kappa shape index (κ2) is 6.61. The van der Waals surface area contributed by atoms with Crippen molar-refractivity contribution in [1.82, 2.24) is 4.31 Å². The number of sulfonamides is 1. The average Bonchev–Trinajstić information content (AvgIpc) is 2.37. The van der Waals surface area contributed by atoms with E-state index in [1.54, 1.807) is 0 Å². The highest BCUT2D eigenvalue weighted by Gasteiger charge is 2.25. The first-order valence-corrected chi connectivity index (χ1v) is 7.04. The first-order chi connectivity index (χ1) is 9.34. The van der Waals surface area contributed by atoms with Gasteiger partial charge in [-0.15, -0.1) is 0 Å². The minimum atomic E-state index is -3.98. The van der Waals surface area contributed by atoms with Crippen LogP contribution in [0.2, 0.25) is 0 Å². The van der Waals surface area contributed by atoms with Gasteiger partial charge in [0.25, 0.3) is 5.69 Å². The van der Waals surface area contributed by atoms with Crippen molar-refractivity contribution in [2.75, 3.05) is 32.0 Å². The molecule has 0 heterocycles. The predicted octanol–water partition coefficient (Wildman–Crippen LogP) is -0.848. The van der Waals surface area contributed by atoms with Gasteiger partial charge in [-0.3, -0.25) is 10.1 Å². The average molecular weight is 305 g/mol. The van der Waals surface area contributed by atoms with Gasteiger partial charge >= 0.3 is 0 Å². The molecule has 0 spiro atoms. The number of nitrogens with zero attached hydrogens (tertiary/aromatic N) is 2. The van der Waals surface area contributed by atoms with E-state index in [0.29, 0.717) is 0 Å². The standard InChI is InChI=1S/C10H15N3O6S/c11-9-7-8(1-2-10(9)13(16)17)20(18,19)12(3-5-14)4-6-15/h1-2,7,14-15H,3-6,11H2.